The fourth-order valence-electron chi connectivity index (χ4n) is 2.35. The third kappa shape index (κ3) is 4.72. The Morgan fingerprint density at radius 2 is 1.75 bits per heavy atom. The number of nitrogens with zero attached hydrogens (tertiary/aromatic N) is 1. The minimum absolute atomic E-state index is 0.365. The summed E-state index contributed by atoms with van der Waals surface area (Å²) in [5.74, 6) is 1.02. The molecule has 0 saturated heterocycles. The second-order valence-electron chi connectivity index (χ2n) is 5.88. The van der Waals surface area contributed by atoms with Crippen molar-refractivity contribution < 1.29 is 19.0 Å². The van der Waals surface area contributed by atoms with Gasteiger partial charge in [0.2, 0.25) is 0 Å². The first kappa shape index (κ1) is 17.8. The lowest BCUT2D eigenvalue weighted by Gasteiger charge is -2.19. The Hall–Kier alpha value is -2.56. The Balaban J connectivity index is 2.24. The average Bonchev–Trinajstić information content (AvgIpc) is 2.60. The number of ether oxygens (including phenoxy) is 3. The molecular formula is C19H23NO4. The first-order chi connectivity index (χ1) is 11.5. The van der Waals surface area contributed by atoms with Crippen LogP contribution in [0.25, 0.3) is 0 Å². The van der Waals surface area contributed by atoms with Gasteiger partial charge >= 0.3 is 5.97 Å². The van der Waals surface area contributed by atoms with Gasteiger partial charge in [-0.3, -0.25) is 4.98 Å². The van der Waals surface area contributed by atoms with Crippen molar-refractivity contribution in [3.8, 4) is 11.5 Å². The van der Waals surface area contributed by atoms with Gasteiger partial charge in [0.05, 0.1) is 25.5 Å². The molecule has 0 amide bonds. The molecule has 1 unspecified atom stereocenters. The zero-order chi connectivity index (χ0) is 17.5. The largest absolute Gasteiger partial charge is 0.497 e. The molecule has 2 aromatic rings. The molecule has 5 heteroatoms. The summed E-state index contributed by atoms with van der Waals surface area (Å²) in [6.45, 7) is 4.16. The lowest BCUT2D eigenvalue weighted by molar-refractivity contribution is 0.0236. The van der Waals surface area contributed by atoms with E-state index < -0.39 is 12.1 Å². The van der Waals surface area contributed by atoms with Gasteiger partial charge in [0.1, 0.15) is 17.6 Å². The van der Waals surface area contributed by atoms with Crippen molar-refractivity contribution in [2.24, 2.45) is 5.92 Å². The second kappa shape index (κ2) is 8.34. The Morgan fingerprint density at radius 3 is 2.25 bits per heavy atom. The van der Waals surface area contributed by atoms with Crippen LogP contribution < -0.4 is 9.47 Å². The molecule has 0 spiro atoms. The Bertz CT molecular complexity index is 648. The van der Waals surface area contributed by atoms with Crippen molar-refractivity contribution in [1.29, 1.82) is 0 Å². The minimum atomic E-state index is -0.427. The van der Waals surface area contributed by atoms with Gasteiger partial charge in [-0.2, -0.15) is 0 Å². The highest BCUT2D eigenvalue weighted by molar-refractivity contribution is 5.90. The SMILES string of the molecule is COc1cc(OC)cc(C(=O)OC(CC(C)C)c2ccccn2)c1. The first-order valence-electron chi connectivity index (χ1n) is 7.88. The van der Waals surface area contributed by atoms with Crippen LogP contribution in [0.15, 0.2) is 42.6 Å². The predicted octanol–water partition coefficient (Wildman–Crippen LogP) is 4.04. The van der Waals surface area contributed by atoms with E-state index in [0.29, 0.717) is 29.4 Å². The van der Waals surface area contributed by atoms with Crippen molar-refractivity contribution in [3.05, 3.63) is 53.9 Å². The van der Waals surface area contributed by atoms with E-state index in [1.807, 2.05) is 18.2 Å². The molecule has 24 heavy (non-hydrogen) atoms. The number of rotatable bonds is 7. The molecule has 0 N–H and O–H groups in total. The van der Waals surface area contributed by atoms with Crippen molar-refractivity contribution in [1.82, 2.24) is 4.98 Å². The fourth-order valence-corrected chi connectivity index (χ4v) is 2.35. The topological polar surface area (TPSA) is 57.7 Å². The van der Waals surface area contributed by atoms with Crippen LogP contribution in [0.4, 0.5) is 0 Å². The van der Waals surface area contributed by atoms with Crippen LogP contribution in [0.2, 0.25) is 0 Å². The second-order valence-corrected chi connectivity index (χ2v) is 5.88. The molecule has 5 nitrogen and oxygen atoms in total. The maximum atomic E-state index is 12.6. The molecule has 1 atom stereocenters. The molecule has 0 aliphatic rings. The van der Waals surface area contributed by atoms with Gasteiger partial charge in [-0.1, -0.05) is 19.9 Å². The van der Waals surface area contributed by atoms with E-state index in [0.717, 1.165) is 5.69 Å². The summed E-state index contributed by atoms with van der Waals surface area (Å²) in [4.78, 5) is 16.9. The summed E-state index contributed by atoms with van der Waals surface area (Å²) in [6.07, 6.45) is 2.01. The molecule has 0 saturated carbocycles. The van der Waals surface area contributed by atoms with E-state index in [1.165, 1.54) is 0 Å². The standard InChI is InChI=1S/C19H23NO4/c1-13(2)9-18(17-7-5-6-8-20-17)24-19(21)14-10-15(22-3)12-16(11-14)23-4/h5-8,10-13,18H,9H2,1-4H3. The Labute approximate surface area is 142 Å². The molecule has 0 radical (unpaired) electrons. The summed E-state index contributed by atoms with van der Waals surface area (Å²) in [5, 5.41) is 0. The van der Waals surface area contributed by atoms with Gasteiger partial charge in [-0.15, -0.1) is 0 Å². The lowest BCUT2D eigenvalue weighted by Crippen LogP contribution is -2.15. The molecular weight excluding hydrogens is 306 g/mol. The normalized spacial score (nSPS) is 11.9. The summed E-state index contributed by atoms with van der Waals surface area (Å²) >= 11 is 0. The molecule has 0 fully saturated rings. The van der Waals surface area contributed by atoms with E-state index in [1.54, 1.807) is 38.6 Å². The smallest absolute Gasteiger partial charge is 0.339 e. The molecule has 1 aromatic carbocycles. The Kier molecular flexibility index (Phi) is 6.18. The summed E-state index contributed by atoms with van der Waals surface area (Å²) in [6, 6.07) is 10.6. The molecule has 0 aliphatic heterocycles. The van der Waals surface area contributed by atoms with E-state index in [4.69, 9.17) is 14.2 Å². The number of methoxy groups -OCH3 is 2. The van der Waals surface area contributed by atoms with Gasteiger partial charge in [0.15, 0.2) is 0 Å². The maximum absolute atomic E-state index is 12.6. The van der Waals surface area contributed by atoms with Crippen LogP contribution in [-0.4, -0.2) is 25.2 Å². The summed E-state index contributed by atoms with van der Waals surface area (Å²) in [7, 11) is 3.08. The van der Waals surface area contributed by atoms with E-state index in [2.05, 4.69) is 18.8 Å². The van der Waals surface area contributed by atoms with E-state index >= 15 is 0 Å². The van der Waals surface area contributed by atoms with Crippen molar-refractivity contribution in [3.63, 3.8) is 0 Å². The third-order valence-electron chi connectivity index (χ3n) is 3.54. The Morgan fingerprint density at radius 1 is 1.08 bits per heavy atom. The zero-order valence-corrected chi connectivity index (χ0v) is 14.5. The molecule has 0 aliphatic carbocycles. The number of carbonyl (C=O) groups excluding carboxylic acids is 1. The molecule has 128 valence electrons. The van der Waals surface area contributed by atoms with Crippen LogP contribution in [-0.2, 0) is 4.74 Å². The minimum Gasteiger partial charge on any atom is -0.497 e. The number of pyridine rings is 1. The molecule has 1 aromatic heterocycles. The van der Waals surface area contributed by atoms with Crippen molar-refractivity contribution in [2.45, 2.75) is 26.4 Å². The van der Waals surface area contributed by atoms with Gasteiger partial charge < -0.3 is 14.2 Å². The number of carbonyl (C=O) groups is 1. The predicted molar refractivity (Wildman–Crippen MR) is 91.4 cm³/mol. The number of benzene rings is 1. The van der Waals surface area contributed by atoms with Gasteiger partial charge in [-0.25, -0.2) is 4.79 Å². The highest BCUT2D eigenvalue weighted by atomic mass is 16.5. The van der Waals surface area contributed by atoms with Crippen LogP contribution in [0.1, 0.15) is 42.4 Å². The van der Waals surface area contributed by atoms with Crippen molar-refractivity contribution in [2.75, 3.05) is 14.2 Å². The average molecular weight is 329 g/mol. The quantitative estimate of drug-likeness (QED) is 0.717. The highest BCUT2D eigenvalue weighted by Gasteiger charge is 2.21. The first-order valence-corrected chi connectivity index (χ1v) is 7.88. The summed E-state index contributed by atoms with van der Waals surface area (Å²) in [5.41, 5.74) is 1.13. The van der Waals surface area contributed by atoms with E-state index in [9.17, 15) is 4.79 Å². The van der Waals surface area contributed by atoms with Crippen LogP contribution in [0.5, 0.6) is 11.5 Å². The molecule has 0 bridgehead atoms. The van der Waals surface area contributed by atoms with Crippen LogP contribution in [0.3, 0.4) is 0 Å². The summed E-state index contributed by atoms with van der Waals surface area (Å²) < 4.78 is 16.1. The number of aromatic nitrogens is 1. The third-order valence-corrected chi connectivity index (χ3v) is 3.54. The number of hydrogen-bond donors (Lipinski definition) is 0. The number of esters is 1. The molecule has 2 rings (SSSR count). The van der Waals surface area contributed by atoms with E-state index in [-0.39, 0.29) is 0 Å². The van der Waals surface area contributed by atoms with Gasteiger partial charge in [0, 0.05) is 12.3 Å². The molecule has 1 heterocycles. The maximum Gasteiger partial charge on any atom is 0.339 e. The van der Waals surface area contributed by atoms with Gasteiger partial charge in [0.25, 0.3) is 0 Å². The number of hydrogen-bond acceptors (Lipinski definition) is 5. The van der Waals surface area contributed by atoms with Gasteiger partial charge in [-0.05, 0) is 36.6 Å². The van der Waals surface area contributed by atoms with Crippen LogP contribution in [0, 0.1) is 5.92 Å². The van der Waals surface area contributed by atoms with Crippen molar-refractivity contribution >= 4 is 5.97 Å². The lowest BCUT2D eigenvalue weighted by atomic mass is 10.0. The van der Waals surface area contributed by atoms with Crippen LogP contribution >= 0.6 is 0 Å². The fraction of sp³-hybridized carbons (Fsp3) is 0.368. The monoisotopic (exact) mass is 329 g/mol. The zero-order valence-electron chi connectivity index (χ0n) is 14.5. The highest BCUT2D eigenvalue weighted by Crippen LogP contribution is 2.27.